The van der Waals surface area contributed by atoms with Gasteiger partial charge in [0.15, 0.2) is 5.66 Å². The van der Waals surface area contributed by atoms with Crippen molar-refractivity contribution < 1.29 is 18.4 Å². The number of rotatable bonds is 8. The predicted molar refractivity (Wildman–Crippen MR) is 97.8 cm³/mol. The number of carbonyl (C=O) groups excluding carboxylic acids is 2. The summed E-state index contributed by atoms with van der Waals surface area (Å²) in [6.45, 7) is 0.513. The van der Waals surface area contributed by atoms with Crippen molar-refractivity contribution in [2.75, 3.05) is 6.54 Å². The summed E-state index contributed by atoms with van der Waals surface area (Å²) in [4.78, 5) is 26.4. The third-order valence-corrected chi connectivity index (χ3v) is 5.05. The van der Waals surface area contributed by atoms with Gasteiger partial charge in [0.1, 0.15) is 17.7 Å². The first-order valence-corrected chi connectivity index (χ1v) is 9.32. The number of piperidine rings is 1. The molecule has 3 rings (SSSR count). The van der Waals surface area contributed by atoms with Crippen LogP contribution in [0.2, 0.25) is 0 Å². The van der Waals surface area contributed by atoms with Gasteiger partial charge in [0.05, 0.1) is 0 Å². The highest BCUT2D eigenvalue weighted by Crippen LogP contribution is 2.37. The van der Waals surface area contributed by atoms with Crippen molar-refractivity contribution in [1.82, 2.24) is 10.2 Å². The van der Waals surface area contributed by atoms with Gasteiger partial charge in [-0.25, -0.2) is 8.78 Å². The van der Waals surface area contributed by atoms with Gasteiger partial charge in [0.25, 0.3) is 0 Å². The van der Waals surface area contributed by atoms with Gasteiger partial charge < -0.3 is 10.2 Å². The first-order valence-electron chi connectivity index (χ1n) is 9.32. The van der Waals surface area contributed by atoms with Gasteiger partial charge in [-0.05, 0) is 18.9 Å². The molecule has 0 saturated carbocycles. The number of nitrogens with one attached hydrogen (secondary N) is 1. The fraction of sp³-hybridized carbons (Fsp3) is 0.500. The second-order valence-electron chi connectivity index (χ2n) is 7.14. The molecule has 2 aliphatic rings. The van der Waals surface area contributed by atoms with E-state index in [-0.39, 0.29) is 30.3 Å². The van der Waals surface area contributed by atoms with Crippen LogP contribution >= 0.6 is 0 Å². The minimum absolute atomic E-state index is 0.0459. The Morgan fingerprint density at radius 2 is 2.14 bits per heavy atom. The fourth-order valence-electron chi connectivity index (χ4n) is 3.34. The number of halogens is 2. The largest absolute Gasteiger partial charge is 0.344 e. The van der Waals surface area contributed by atoms with Crippen LogP contribution in [0.1, 0.15) is 44.1 Å². The van der Waals surface area contributed by atoms with E-state index in [0.717, 1.165) is 12.1 Å². The van der Waals surface area contributed by atoms with Crippen LogP contribution in [0, 0.1) is 24.0 Å². The molecule has 0 bridgehead atoms. The topological polar surface area (TPSA) is 74.1 Å². The Hall–Kier alpha value is -2.82. The zero-order valence-electron chi connectivity index (χ0n) is 15.5. The van der Waals surface area contributed by atoms with Crippen LogP contribution in [-0.2, 0) is 16.1 Å². The Kier molecular flexibility index (Phi) is 6.02. The molecule has 1 unspecified atom stereocenters. The maximum atomic E-state index is 13.9. The minimum Gasteiger partial charge on any atom is -0.344 e. The van der Waals surface area contributed by atoms with Crippen molar-refractivity contribution in [2.45, 2.75) is 56.8 Å². The third kappa shape index (κ3) is 4.91. The number of hydrogen-bond donors (Lipinski definition) is 1. The van der Waals surface area contributed by atoms with Gasteiger partial charge in [-0.1, -0.05) is 6.07 Å². The molecule has 1 atom stereocenters. The number of amides is 2. The monoisotopic (exact) mass is 388 g/mol. The lowest BCUT2D eigenvalue weighted by atomic mass is 10.0. The Bertz CT molecular complexity index is 828. The Morgan fingerprint density at radius 1 is 1.36 bits per heavy atom. The molecule has 148 valence electrons. The molecule has 0 aliphatic carbocycles. The van der Waals surface area contributed by atoms with Gasteiger partial charge in [-0.2, -0.15) is 10.2 Å². The van der Waals surface area contributed by atoms with E-state index in [1.165, 1.54) is 11.0 Å². The highest BCUT2D eigenvalue weighted by atomic mass is 19.1. The highest BCUT2D eigenvalue weighted by molar-refractivity contribution is 5.88. The highest BCUT2D eigenvalue weighted by Gasteiger charge is 2.39. The molecule has 2 aliphatic heterocycles. The second kappa shape index (κ2) is 8.46. The SMILES string of the molecule is C#CCCC1(CCC(=O)NC2CCCN(Cc3ccc(F)cc3F)C2=O)N=N1. The number of benzene rings is 1. The number of nitrogens with zero attached hydrogens (tertiary/aromatic N) is 3. The molecule has 6 nitrogen and oxygen atoms in total. The summed E-state index contributed by atoms with van der Waals surface area (Å²) in [6, 6.07) is 2.65. The van der Waals surface area contributed by atoms with Gasteiger partial charge in [-0.3, -0.25) is 9.59 Å². The van der Waals surface area contributed by atoms with Crippen LogP contribution in [-0.4, -0.2) is 35.0 Å². The van der Waals surface area contributed by atoms with E-state index < -0.39 is 23.3 Å². The quantitative estimate of drug-likeness (QED) is 0.696. The lowest BCUT2D eigenvalue weighted by Crippen LogP contribution is -2.52. The molecular weight excluding hydrogens is 366 g/mol. The van der Waals surface area contributed by atoms with Crippen LogP contribution in [0.3, 0.4) is 0 Å². The fourth-order valence-corrected chi connectivity index (χ4v) is 3.34. The molecule has 2 amide bonds. The van der Waals surface area contributed by atoms with Gasteiger partial charge in [0, 0.05) is 50.4 Å². The normalized spacial score (nSPS) is 20.0. The Morgan fingerprint density at radius 3 is 2.82 bits per heavy atom. The zero-order valence-corrected chi connectivity index (χ0v) is 15.5. The van der Waals surface area contributed by atoms with Gasteiger partial charge in [-0.15, -0.1) is 12.3 Å². The Balaban J connectivity index is 1.51. The number of hydrogen-bond acceptors (Lipinski definition) is 4. The van der Waals surface area contributed by atoms with E-state index in [4.69, 9.17) is 6.42 Å². The van der Waals surface area contributed by atoms with Crippen molar-refractivity contribution in [3.05, 3.63) is 35.4 Å². The van der Waals surface area contributed by atoms with Crippen LogP contribution in [0.15, 0.2) is 28.4 Å². The van der Waals surface area contributed by atoms with E-state index in [1.54, 1.807) is 0 Å². The van der Waals surface area contributed by atoms with E-state index in [0.29, 0.717) is 38.6 Å². The van der Waals surface area contributed by atoms with E-state index in [9.17, 15) is 18.4 Å². The molecule has 8 heteroatoms. The maximum absolute atomic E-state index is 13.9. The van der Waals surface area contributed by atoms with E-state index >= 15 is 0 Å². The van der Waals surface area contributed by atoms with Crippen LogP contribution in [0.5, 0.6) is 0 Å². The van der Waals surface area contributed by atoms with Crippen molar-refractivity contribution in [3.8, 4) is 12.3 Å². The molecular formula is C20H22F2N4O2. The minimum atomic E-state index is -0.687. The summed E-state index contributed by atoms with van der Waals surface area (Å²) < 4.78 is 26.9. The summed E-state index contributed by atoms with van der Waals surface area (Å²) in [5, 5.41) is 10.7. The molecule has 0 aromatic heterocycles. The molecule has 1 aromatic carbocycles. The first kappa shape index (κ1) is 19.9. The van der Waals surface area contributed by atoms with Crippen LogP contribution in [0.4, 0.5) is 8.78 Å². The van der Waals surface area contributed by atoms with Crippen LogP contribution < -0.4 is 5.32 Å². The summed E-state index contributed by atoms with van der Waals surface area (Å²) in [5.41, 5.74) is -0.291. The van der Waals surface area contributed by atoms with Crippen molar-refractivity contribution in [3.63, 3.8) is 0 Å². The molecule has 0 radical (unpaired) electrons. The van der Waals surface area contributed by atoms with Gasteiger partial charge >= 0.3 is 0 Å². The third-order valence-electron chi connectivity index (χ3n) is 5.05. The molecule has 28 heavy (non-hydrogen) atoms. The number of likely N-dealkylation sites (tertiary alicyclic amines) is 1. The lowest BCUT2D eigenvalue weighted by molar-refractivity contribution is -0.139. The zero-order chi connectivity index (χ0) is 20.1. The summed E-state index contributed by atoms with van der Waals surface area (Å²) in [5.74, 6) is 0.685. The second-order valence-corrected chi connectivity index (χ2v) is 7.14. The Labute approximate surface area is 162 Å². The van der Waals surface area contributed by atoms with E-state index in [1.807, 2.05) is 0 Å². The standard InChI is InChI=1S/C20H22F2N4O2/c1-2-3-9-20(24-25-20)10-8-18(27)23-17-5-4-11-26(19(17)28)13-14-6-7-15(21)12-16(14)22/h1,6-7,12,17H,3-5,8-11,13H2,(H,23,27). The van der Waals surface area contributed by atoms with Crippen LogP contribution in [0.25, 0.3) is 0 Å². The number of carbonyl (C=O) groups is 2. The first-order chi connectivity index (χ1) is 13.4. The van der Waals surface area contributed by atoms with Crippen molar-refractivity contribution >= 4 is 11.8 Å². The molecule has 1 saturated heterocycles. The maximum Gasteiger partial charge on any atom is 0.245 e. The van der Waals surface area contributed by atoms with Gasteiger partial charge in [0.2, 0.25) is 11.8 Å². The lowest BCUT2D eigenvalue weighted by Gasteiger charge is -2.33. The molecule has 1 aromatic rings. The number of terminal acetylenes is 1. The summed E-state index contributed by atoms with van der Waals surface area (Å²) in [6.07, 6.45) is 8.30. The summed E-state index contributed by atoms with van der Waals surface area (Å²) >= 11 is 0. The van der Waals surface area contributed by atoms with E-state index in [2.05, 4.69) is 21.5 Å². The predicted octanol–water partition coefficient (Wildman–Crippen LogP) is 2.93. The molecule has 1 fully saturated rings. The summed E-state index contributed by atoms with van der Waals surface area (Å²) in [7, 11) is 0. The molecule has 0 spiro atoms. The smallest absolute Gasteiger partial charge is 0.245 e. The average Bonchev–Trinajstić information content (AvgIpc) is 3.44. The average molecular weight is 388 g/mol. The molecule has 1 N–H and O–H groups in total. The molecule has 2 heterocycles. The van der Waals surface area contributed by atoms with Crippen molar-refractivity contribution in [2.24, 2.45) is 10.2 Å². The van der Waals surface area contributed by atoms with Crippen molar-refractivity contribution in [1.29, 1.82) is 0 Å².